The van der Waals surface area contributed by atoms with Gasteiger partial charge in [0.1, 0.15) is 10.0 Å². The number of carbonyl (C=O) groups excluding carboxylic acids is 1. The molecule has 0 aliphatic rings. The molecule has 0 unspecified atom stereocenters. The van der Waals surface area contributed by atoms with E-state index >= 15 is 0 Å². The number of hydrogen-bond acceptors (Lipinski definition) is 7. The molecule has 2 aromatic rings. The van der Waals surface area contributed by atoms with Crippen LogP contribution in [0.1, 0.15) is 35.1 Å². The molecule has 20 heavy (non-hydrogen) atoms. The molecule has 0 saturated heterocycles. The molecule has 2 heterocycles. The van der Waals surface area contributed by atoms with Crippen molar-refractivity contribution in [2.24, 2.45) is 0 Å². The van der Waals surface area contributed by atoms with Crippen LogP contribution >= 0.6 is 23.1 Å². The lowest BCUT2D eigenvalue weighted by Gasteiger charge is -2.06. The number of rotatable bonds is 4. The first-order valence-electron chi connectivity index (χ1n) is 5.73. The summed E-state index contributed by atoms with van der Waals surface area (Å²) in [6.07, 6.45) is 0. The zero-order chi connectivity index (χ0) is 14.7. The summed E-state index contributed by atoms with van der Waals surface area (Å²) >= 11 is 6.84. The van der Waals surface area contributed by atoms with Crippen LogP contribution in [0.25, 0.3) is 0 Å². The zero-order valence-corrected chi connectivity index (χ0v) is 12.6. The number of amides is 1. The lowest BCUT2D eigenvalue weighted by molar-refractivity contribution is 0.102. The van der Waals surface area contributed by atoms with Crippen LogP contribution in [0.3, 0.4) is 0 Å². The van der Waals surface area contributed by atoms with E-state index in [4.69, 9.17) is 16.3 Å². The van der Waals surface area contributed by atoms with Gasteiger partial charge >= 0.3 is 0 Å². The third-order valence-corrected chi connectivity index (χ3v) is 3.31. The summed E-state index contributed by atoms with van der Waals surface area (Å²) in [5.74, 6) is 0.0756. The molecule has 1 amide bonds. The molecular weight excluding hydrogens is 302 g/mol. The quantitative estimate of drug-likeness (QED) is 0.871. The van der Waals surface area contributed by atoms with E-state index in [1.165, 1.54) is 13.2 Å². The average Bonchev–Trinajstić information content (AvgIpc) is 2.87. The largest absolute Gasteiger partial charge is 0.481 e. The monoisotopic (exact) mass is 313 g/mol. The van der Waals surface area contributed by atoms with Gasteiger partial charge in [-0.25, -0.2) is 4.98 Å². The summed E-state index contributed by atoms with van der Waals surface area (Å²) < 4.78 is 8.76. The standard InChI is InChI=1S/C11H12ClN5O2S/c1-5(2)8-9(20-17-16-8)10(18)15-11-13-6(12)4-7(14-11)19-3/h4-5H,1-3H3,(H,13,14,15,18). The number of hydrogen-bond donors (Lipinski definition) is 1. The highest BCUT2D eigenvalue weighted by atomic mass is 35.5. The Morgan fingerprint density at radius 3 is 2.85 bits per heavy atom. The maximum atomic E-state index is 12.2. The van der Waals surface area contributed by atoms with Crippen LogP contribution in [-0.2, 0) is 0 Å². The predicted octanol–water partition coefficient (Wildman–Crippen LogP) is 2.37. The number of halogens is 1. The van der Waals surface area contributed by atoms with Crippen LogP contribution in [0.5, 0.6) is 5.88 Å². The lowest BCUT2D eigenvalue weighted by Crippen LogP contribution is -2.15. The zero-order valence-electron chi connectivity index (χ0n) is 11.0. The van der Waals surface area contributed by atoms with Gasteiger partial charge < -0.3 is 4.74 Å². The van der Waals surface area contributed by atoms with E-state index in [9.17, 15) is 4.79 Å². The highest BCUT2D eigenvalue weighted by Crippen LogP contribution is 2.21. The van der Waals surface area contributed by atoms with Crippen molar-refractivity contribution in [2.75, 3.05) is 12.4 Å². The Hall–Kier alpha value is -1.80. The predicted molar refractivity (Wildman–Crippen MR) is 75.5 cm³/mol. The van der Waals surface area contributed by atoms with Gasteiger partial charge in [0, 0.05) is 6.07 Å². The SMILES string of the molecule is COc1cc(Cl)nc(NC(=O)c2snnc2C(C)C)n1. The molecule has 0 aromatic carbocycles. The van der Waals surface area contributed by atoms with Crippen LogP contribution in [0, 0.1) is 0 Å². The smallest absolute Gasteiger partial charge is 0.271 e. The summed E-state index contributed by atoms with van der Waals surface area (Å²) in [5.41, 5.74) is 0.640. The van der Waals surface area contributed by atoms with Crippen molar-refractivity contribution in [2.45, 2.75) is 19.8 Å². The number of carbonyl (C=O) groups is 1. The molecule has 106 valence electrons. The summed E-state index contributed by atoms with van der Waals surface area (Å²) in [6.45, 7) is 3.87. The normalized spacial score (nSPS) is 10.7. The summed E-state index contributed by atoms with van der Waals surface area (Å²) in [6, 6.07) is 1.45. The molecule has 0 fully saturated rings. The van der Waals surface area contributed by atoms with Crippen LogP contribution in [0.4, 0.5) is 5.95 Å². The Kier molecular flexibility index (Phi) is 4.46. The minimum atomic E-state index is -0.368. The third kappa shape index (κ3) is 3.20. The fourth-order valence-corrected chi connectivity index (χ4v) is 2.34. The number of ether oxygens (including phenoxy) is 1. The van der Waals surface area contributed by atoms with Gasteiger partial charge in [0.25, 0.3) is 5.91 Å². The number of nitrogens with zero attached hydrogens (tertiary/aromatic N) is 4. The minimum absolute atomic E-state index is 0.0717. The summed E-state index contributed by atoms with van der Waals surface area (Å²) in [5, 5.41) is 6.69. The van der Waals surface area contributed by atoms with E-state index < -0.39 is 0 Å². The highest BCUT2D eigenvalue weighted by Gasteiger charge is 2.19. The van der Waals surface area contributed by atoms with E-state index in [0.717, 1.165) is 11.5 Å². The van der Waals surface area contributed by atoms with E-state index in [1.807, 2.05) is 13.8 Å². The Morgan fingerprint density at radius 2 is 2.20 bits per heavy atom. The van der Waals surface area contributed by atoms with Gasteiger partial charge in [-0.15, -0.1) is 5.10 Å². The molecule has 2 aromatic heterocycles. The highest BCUT2D eigenvalue weighted by molar-refractivity contribution is 7.08. The van der Waals surface area contributed by atoms with Crippen molar-refractivity contribution in [1.29, 1.82) is 0 Å². The second-order valence-corrected chi connectivity index (χ2v) is 5.29. The van der Waals surface area contributed by atoms with Crippen molar-refractivity contribution in [1.82, 2.24) is 19.6 Å². The van der Waals surface area contributed by atoms with Crippen LogP contribution < -0.4 is 10.1 Å². The number of methoxy groups -OCH3 is 1. The molecule has 7 nitrogen and oxygen atoms in total. The molecule has 9 heteroatoms. The van der Waals surface area contributed by atoms with Gasteiger partial charge in [-0.1, -0.05) is 29.9 Å². The minimum Gasteiger partial charge on any atom is -0.481 e. The van der Waals surface area contributed by atoms with Crippen molar-refractivity contribution < 1.29 is 9.53 Å². The van der Waals surface area contributed by atoms with Crippen molar-refractivity contribution >= 4 is 35.0 Å². The molecule has 0 radical (unpaired) electrons. The van der Waals surface area contributed by atoms with E-state index in [-0.39, 0.29) is 28.8 Å². The first-order chi connectivity index (χ1) is 9.51. The maximum absolute atomic E-state index is 12.2. The summed E-state index contributed by atoms with van der Waals surface area (Å²) in [7, 11) is 1.45. The number of aromatic nitrogens is 4. The van der Waals surface area contributed by atoms with Gasteiger partial charge in [0.15, 0.2) is 0 Å². The molecule has 0 saturated carbocycles. The Morgan fingerprint density at radius 1 is 1.45 bits per heavy atom. The van der Waals surface area contributed by atoms with Gasteiger partial charge in [-0.2, -0.15) is 4.98 Å². The fourth-order valence-electron chi connectivity index (χ4n) is 1.45. The molecule has 1 N–H and O–H groups in total. The van der Waals surface area contributed by atoms with E-state index in [0.29, 0.717) is 10.6 Å². The van der Waals surface area contributed by atoms with Crippen molar-refractivity contribution in [3.8, 4) is 5.88 Å². The molecule has 0 atom stereocenters. The number of anilines is 1. The van der Waals surface area contributed by atoms with Crippen molar-refractivity contribution in [3.63, 3.8) is 0 Å². The topological polar surface area (TPSA) is 89.9 Å². The lowest BCUT2D eigenvalue weighted by atomic mass is 10.1. The molecule has 0 bridgehead atoms. The molecule has 0 spiro atoms. The Balaban J connectivity index is 2.23. The van der Waals surface area contributed by atoms with Gasteiger partial charge in [-0.3, -0.25) is 10.1 Å². The Bertz CT molecular complexity index is 631. The Labute approximate surface area is 124 Å². The second-order valence-electron chi connectivity index (χ2n) is 4.15. The molecule has 0 aliphatic heterocycles. The second kappa shape index (κ2) is 6.10. The molecule has 0 aliphatic carbocycles. The van der Waals surface area contributed by atoms with Crippen LogP contribution in [0.15, 0.2) is 6.07 Å². The van der Waals surface area contributed by atoms with Gasteiger partial charge in [0.2, 0.25) is 11.8 Å². The van der Waals surface area contributed by atoms with Gasteiger partial charge in [-0.05, 0) is 17.5 Å². The number of nitrogens with one attached hydrogen (secondary N) is 1. The van der Waals surface area contributed by atoms with Crippen molar-refractivity contribution in [3.05, 3.63) is 21.8 Å². The first-order valence-corrected chi connectivity index (χ1v) is 6.88. The summed E-state index contributed by atoms with van der Waals surface area (Å²) in [4.78, 5) is 20.5. The van der Waals surface area contributed by atoms with Crippen LogP contribution in [-0.4, -0.2) is 32.6 Å². The first kappa shape index (κ1) is 14.6. The van der Waals surface area contributed by atoms with Crippen LogP contribution in [0.2, 0.25) is 5.15 Å². The van der Waals surface area contributed by atoms with E-state index in [2.05, 4.69) is 24.9 Å². The molecular formula is C11H12ClN5O2S. The van der Waals surface area contributed by atoms with E-state index in [1.54, 1.807) is 0 Å². The maximum Gasteiger partial charge on any atom is 0.271 e. The average molecular weight is 314 g/mol. The molecule has 2 rings (SSSR count). The van der Waals surface area contributed by atoms with Gasteiger partial charge in [0.05, 0.1) is 12.8 Å². The fraction of sp³-hybridized carbons (Fsp3) is 0.364. The third-order valence-electron chi connectivity index (χ3n) is 2.37.